The van der Waals surface area contributed by atoms with Crippen LogP contribution in [0.5, 0.6) is 5.75 Å². The van der Waals surface area contributed by atoms with E-state index in [2.05, 4.69) is 0 Å². The Bertz CT molecular complexity index is 347. The summed E-state index contributed by atoms with van der Waals surface area (Å²) in [5.74, 6) is -2.00. The van der Waals surface area contributed by atoms with Gasteiger partial charge in [0.25, 0.3) is 0 Å². The first-order valence-electron chi connectivity index (χ1n) is 3.93. The standard InChI is InChI=1S/C9H9F2NO2.ClH/c10-6-1-2-8(11)9(3-6)14-5-7(13)4-12;/h1-3H,4-5,12H2;1H. The molecule has 1 rings (SSSR count). The van der Waals surface area contributed by atoms with E-state index < -0.39 is 11.6 Å². The Morgan fingerprint density at radius 3 is 2.67 bits per heavy atom. The van der Waals surface area contributed by atoms with Crippen LogP contribution in [0.25, 0.3) is 0 Å². The van der Waals surface area contributed by atoms with E-state index in [4.69, 9.17) is 10.5 Å². The van der Waals surface area contributed by atoms with Crippen molar-refractivity contribution in [3.8, 4) is 5.75 Å². The summed E-state index contributed by atoms with van der Waals surface area (Å²) in [5.41, 5.74) is 5.01. The number of ketones is 1. The fourth-order valence-electron chi connectivity index (χ4n) is 0.805. The Kier molecular flexibility index (Phi) is 5.81. The minimum Gasteiger partial charge on any atom is -0.483 e. The highest BCUT2D eigenvalue weighted by molar-refractivity contribution is 5.85. The summed E-state index contributed by atoms with van der Waals surface area (Å²) in [4.78, 5) is 10.7. The van der Waals surface area contributed by atoms with Crippen LogP contribution in [0, 0.1) is 11.6 Å². The number of Topliss-reactive ketones (excluding diaryl/α,β-unsaturated/α-hetero) is 1. The summed E-state index contributed by atoms with van der Waals surface area (Å²) in [6.07, 6.45) is 0. The van der Waals surface area contributed by atoms with Gasteiger partial charge in [-0.1, -0.05) is 0 Å². The molecule has 0 aliphatic carbocycles. The summed E-state index contributed by atoms with van der Waals surface area (Å²) < 4.78 is 30.2. The summed E-state index contributed by atoms with van der Waals surface area (Å²) in [6.45, 7) is -0.534. The van der Waals surface area contributed by atoms with Gasteiger partial charge in [-0.2, -0.15) is 0 Å². The van der Waals surface area contributed by atoms with Crippen LogP contribution in [0.1, 0.15) is 0 Å². The number of rotatable bonds is 4. The van der Waals surface area contributed by atoms with E-state index >= 15 is 0 Å². The quantitative estimate of drug-likeness (QED) is 0.859. The van der Waals surface area contributed by atoms with Gasteiger partial charge < -0.3 is 10.5 Å². The molecule has 0 fully saturated rings. The van der Waals surface area contributed by atoms with E-state index in [0.29, 0.717) is 0 Å². The molecule has 2 N–H and O–H groups in total. The molecule has 1 aromatic rings. The maximum atomic E-state index is 12.9. The molecule has 0 spiro atoms. The summed E-state index contributed by atoms with van der Waals surface area (Å²) in [7, 11) is 0. The Balaban J connectivity index is 0.00000196. The lowest BCUT2D eigenvalue weighted by molar-refractivity contribution is -0.119. The molecule has 0 atom stereocenters. The number of nitrogens with two attached hydrogens (primary N) is 1. The fraction of sp³-hybridized carbons (Fsp3) is 0.222. The average Bonchev–Trinajstić information content (AvgIpc) is 2.19. The van der Waals surface area contributed by atoms with Crippen LogP contribution in [0.2, 0.25) is 0 Å². The first-order valence-corrected chi connectivity index (χ1v) is 3.93. The van der Waals surface area contributed by atoms with E-state index in [-0.39, 0.29) is 37.1 Å². The summed E-state index contributed by atoms with van der Waals surface area (Å²) >= 11 is 0. The van der Waals surface area contributed by atoms with Gasteiger partial charge in [-0.3, -0.25) is 4.79 Å². The molecule has 0 bridgehead atoms. The summed E-state index contributed by atoms with van der Waals surface area (Å²) in [6, 6.07) is 2.77. The Morgan fingerprint density at radius 1 is 1.40 bits per heavy atom. The largest absolute Gasteiger partial charge is 0.483 e. The van der Waals surface area contributed by atoms with Gasteiger partial charge in [-0.05, 0) is 12.1 Å². The van der Waals surface area contributed by atoms with Crippen molar-refractivity contribution in [2.75, 3.05) is 13.2 Å². The Morgan fingerprint density at radius 2 is 2.07 bits per heavy atom. The Hall–Kier alpha value is -1.20. The third-order valence-electron chi connectivity index (χ3n) is 1.51. The molecule has 6 heteroatoms. The van der Waals surface area contributed by atoms with Gasteiger partial charge in [-0.25, -0.2) is 8.78 Å². The first-order chi connectivity index (χ1) is 6.63. The van der Waals surface area contributed by atoms with Gasteiger partial charge in [0.1, 0.15) is 12.4 Å². The van der Waals surface area contributed by atoms with Crippen molar-refractivity contribution in [1.29, 1.82) is 0 Å². The van der Waals surface area contributed by atoms with Crippen molar-refractivity contribution in [2.24, 2.45) is 5.73 Å². The van der Waals surface area contributed by atoms with E-state index in [9.17, 15) is 13.6 Å². The number of benzene rings is 1. The van der Waals surface area contributed by atoms with Crippen molar-refractivity contribution >= 4 is 18.2 Å². The van der Waals surface area contributed by atoms with Crippen LogP contribution in [-0.2, 0) is 4.79 Å². The molecule has 0 radical (unpaired) electrons. The zero-order valence-corrected chi connectivity index (χ0v) is 8.52. The second-order valence-electron chi connectivity index (χ2n) is 2.61. The van der Waals surface area contributed by atoms with Crippen LogP contribution >= 0.6 is 12.4 Å². The molecule has 15 heavy (non-hydrogen) atoms. The van der Waals surface area contributed by atoms with Gasteiger partial charge in [0.15, 0.2) is 17.3 Å². The van der Waals surface area contributed by atoms with Crippen LogP contribution in [-0.4, -0.2) is 18.9 Å². The molecule has 0 unspecified atom stereocenters. The number of hydrogen-bond donors (Lipinski definition) is 1. The molecule has 0 aromatic heterocycles. The second kappa shape index (κ2) is 6.31. The first kappa shape index (κ1) is 13.8. The van der Waals surface area contributed by atoms with Crippen molar-refractivity contribution in [2.45, 2.75) is 0 Å². The fourth-order valence-corrected chi connectivity index (χ4v) is 0.805. The van der Waals surface area contributed by atoms with Gasteiger partial charge in [-0.15, -0.1) is 12.4 Å². The number of ether oxygens (including phenoxy) is 1. The van der Waals surface area contributed by atoms with Gasteiger partial charge in [0, 0.05) is 6.07 Å². The third kappa shape index (κ3) is 4.22. The van der Waals surface area contributed by atoms with Crippen molar-refractivity contribution < 1.29 is 18.3 Å². The van der Waals surface area contributed by atoms with Crippen LogP contribution < -0.4 is 10.5 Å². The third-order valence-corrected chi connectivity index (χ3v) is 1.51. The molecule has 3 nitrogen and oxygen atoms in total. The normalized spacial score (nSPS) is 9.27. The van der Waals surface area contributed by atoms with Crippen molar-refractivity contribution in [1.82, 2.24) is 0 Å². The predicted molar refractivity (Wildman–Crippen MR) is 53.2 cm³/mol. The smallest absolute Gasteiger partial charge is 0.183 e. The minimum absolute atomic E-state index is 0. The molecule has 0 aliphatic rings. The minimum atomic E-state index is -0.712. The van der Waals surface area contributed by atoms with E-state index in [1.54, 1.807) is 0 Å². The van der Waals surface area contributed by atoms with Gasteiger partial charge in [0.05, 0.1) is 6.54 Å². The van der Waals surface area contributed by atoms with Crippen molar-refractivity contribution in [3.63, 3.8) is 0 Å². The van der Waals surface area contributed by atoms with Crippen LogP contribution in [0.15, 0.2) is 18.2 Å². The average molecular weight is 238 g/mol. The number of carbonyl (C=O) groups is 1. The van der Waals surface area contributed by atoms with Gasteiger partial charge >= 0.3 is 0 Å². The molecular weight excluding hydrogens is 228 g/mol. The maximum Gasteiger partial charge on any atom is 0.183 e. The number of halogens is 3. The SMILES string of the molecule is Cl.NCC(=O)COc1cc(F)ccc1F. The highest BCUT2D eigenvalue weighted by atomic mass is 35.5. The highest BCUT2D eigenvalue weighted by Gasteiger charge is 2.06. The van der Waals surface area contributed by atoms with Gasteiger partial charge in [0.2, 0.25) is 0 Å². The molecule has 0 amide bonds. The van der Waals surface area contributed by atoms with E-state index in [1.165, 1.54) is 0 Å². The number of carbonyl (C=O) groups excluding carboxylic acids is 1. The van der Waals surface area contributed by atoms with Crippen molar-refractivity contribution in [3.05, 3.63) is 29.8 Å². The molecule has 84 valence electrons. The predicted octanol–water partition coefficient (Wildman–Crippen LogP) is 1.29. The zero-order valence-electron chi connectivity index (χ0n) is 7.70. The molecule has 0 aliphatic heterocycles. The summed E-state index contributed by atoms with van der Waals surface area (Å²) in [5, 5.41) is 0. The van der Waals surface area contributed by atoms with Crippen LogP contribution in [0.3, 0.4) is 0 Å². The monoisotopic (exact) mass is 237 g/mol. The lowest BCUT2D eigenvalue weighted by Gasteiger charge is -2.05. The Labute approximate surface area is 91.6 Å². The molecular formula is C9H10ClF2NO2. The zero-order chi connectivity index (χ0) is 10.6. The molecule has 1 aromatic carbocycles. The number of hydrogen-bond acceptors (Lipinski definition) is 3. The van der Waals surface area contributed by atoms with E-state index in [1.807, 2.05) is 0 Å². The topological polar surface area (TPSA) is 52.3 Å². The highest BCUT2D eigenvalue weighted by Crippen LogP contribution is 2.17. The maximum absolute atomic E-state index is 12.9. The molecule has 0 saturated carbocycles. The molecule has 0 saturated heterocycles. The van der Waals surface area contributed by atoms with Crippen LogP contribution in [0.4, 0.5) is 8.78 Å². The molecule has 0 heterocycles. The lowest BCUT2D eigenvalue weighted by atomic mass is 10.3. The second-order valence-corrected chi connectivity index (χ2v) is 2.61. The van der Waals surface area contributed by atoms with E-state index in [0.717, 1.165) is 18.2 Å². The lowest BCUT2D eigenvalue weighted by Crippen LogP contribution is -2.21.